The summed E-state index contributed by atoms with van der Waals surface area (Å²) in [5, 5.41) is 0. The van der Waals surface area contributed by atoms with Gasteiger partial charge in [0.15, 0.2) is 0 Å². The molecule has 23 heavy (non-hydrogen) atoms. The average molecular weight is 386 g/mol. The van der Waals surface area contributed by atoms with Gasteiger partial charge in [0, 0.05) is 11.6 Å². The molecule has 0 saturated carbocycles. The van der Waals surface area contributed by atoms with Gasteiger partial charge in [-0.3, -0.25) is 9.13 Å². The molecule has 0 heterocycles. The van der Waals surface area contributed by atoms with Crippen LogP contribution in [0.1, 0.15) is 27.7 Å². The van der Waals surface area contributed by atoms with Crippen LogP contribution in [0.2, 0.25) is 0 Å². The van der Waals surface area contributed by atoms with E-state index in [1.807, 2.05) is 0 Å². The predicted octanol–water partition coefficient (Wildman–Crippen LogP) is 4.45. The van der Waals surface area contributed by atoms with Crippen LogP contribution in [-0.4, -0.2) is 14.7 Å². The average Bonchev–Trinajstić information content (AvgIpc) is 2.22. The molecule has 0 aliphatic heterocycles. The molecule has 0 saturated heterocycles. The Labute approximate surface area is 135 Å². The second kappa shape index (κ2) is 9.07. The number of hydrogen-bond donors (Lipinski definition) is 3. The molecule has 2 unspecified atom stereocenters. The van der Waals surface area contributed by atoms with Crippen molar-refractivity contribution in [2.75, 3.05) is 0 Å². The first-order chi connectivity index (χ1) is 10.2. The molecular weight excluding hydrogens is 365 g/mol. The van der Waals surface area contributed by atoms with Gasteiger partial charge in [0.25, 0.3) is 0 Å². The molecule has 0 aliphatic rings. The molecule has 0 aromatic heterocycles. The van der Waals surface area contributed by atoms with E-state index in [1.165, 1.54) is 12.2 Å². The molecule has 132 valence electrons. The van der Waals surface area contributed by atoms with Crippen LogP contribution in [0.15, 0.2) is 47.1 Å². The third-order valence-electron chi connectivity index (χ3n) is 1.85. The highest BCUT2D eigenvalue weighted by molar-refractivity contribution is 7.71. The Kier molecular flexibility index (Phi) is 8.85. The zero-order chi connectivity index (χ0) is 18.3. The first-order valence-corrected chi connectivity index (χ1v) is 11.1. The van der Waals surface area contributed by atoms with Gasteiger partial charge in [-0.05, 0) is 27.7 Å². The summed E-state index contributed by atoms with van der Waals surface area (Å²) in [6.07, 6.45) is 5.25. The van der Waals surface area contributed by atoms with Gasteiger partial charge in [-0.25, -0.2) is 13.2 Å². The zero-order valence-corrected chi connectivity index (χ0v) is 15.9. The van der Waals surface area contributed by atoms with Gasteiger partial charge in [0.1, 0.15) is 0 Å². The van der Waals surface area contributed by atoms with Crippen LogP contribution >= 0.6 is 23.0 Å². The molecule has 0 aromatic rings. The Morgan fingerprint density at radius 1 is 0.739 bits per heavy atom. The van der Waals surface area contributed by atoms with Gasteiger partial charge in [-0.15, -0.1) is 0 Å². The third-order valence-corrected chi connectivity index (χ3v) is 6.47. The number of allylic oxidation sites excluding steroid dienone is 6. The summed E-state index contributed by atoms with van der Waals surface area (Å²) >= 11 is 0. The highest BCUT2D eigenvalue weighted by Crippen LogP contribution is 2.67. The molecule has 0 bridgehead atoms. The van der Waals surface area contributed by atoms with Crippen LogP contribution in [0.25, 0.3) is 0 Å². The molecule has 0 rings (SSSR count). The summed E-state index contributed by atoms with van der Waals surface area (Å²) in [6, 6.07) is 0. The largest absolute Gasteiger partial charge is 0.487 e. The lowest BCUT2D eigenvalue weighted by Gasteiger charge is -2.15. The van der Waals surface area contributed by atoms with Crippen LogP contribution in [-0.2, 0) is 22.3 Å². The monoisotopic (exact) mass is 386 g/mol. The third kappa shape index (κ3) is 12.5. The van der Waals surface area contributed by atoms with E-state index in [0.29, 0.717) is 11.6 Å². The first kappa shape index (κ1) is 22.4. The first-order valence-electron chi connectivity index (χ1n) is 6.31. The van der Waals surface area contributed by atoms with Crippen molar-refractivity contribution in [2.45, 2.75) is 27.7 Å². The van der Waals surface area contributed by atoms with Crippen molar-refractivity contribution in [3.05, 3.63) is 47.1 Å². The van der Waals surface area contributed by atoms with Crippen LogP contribution < -0.4 is 0 Å². The Balaban J connectivity index is 5.04. The molecule has 2 atom stereocenters. The SMILES string of the molecule is CC(C)=CC=CP(=O)(O)OP(=O)(O)OP(=O)(O)C=CC=C(C)C. The lowest BCUT2D eigenvalue weighted by atomic mass is 10.3. The quantitative estimate of drug-likeness (QED) is 0.412. The fourth-order valence-corrected chi connectivity index (χ4v) is 4.85. The molecule has 3 N–H and O–H groups in total. The maximum atomic E-state index is 11.6. The smallest absolute Gasteiger partial charge is 0.321 e. The van der Waals surface area contributed by atoms with E-state index >= 15 is 0 Å². The van der Waals surface area contributed by atoms with Crippen molar-refractivity contribution in [3.63, 3.8) is 0 Å². The fraction of sp³-hybridized carbons (Fsp3) is 0.333. The van der Waals surface area contributed by atoms with E-state index in [0.717, 1.165) is 23.3 Å². The Bertz CT molecular complexity index is 612. The molecule has 0 spiro atoms. The van der Waals surface area contributed by atoms with E-state index in [-0.39, 0.29) is 0 Å². The Morgan fingerprint density at radius 3 is 1.30 bits per heavy atom. The van der Waals surface area contributed by atoms with Gasteiger partial charge in [-0.2, -0.15) is 0 Å². The Hall–Kier alpha value is -0.550. The fourth-order valence-electron chi connectivity index (χ4n) is 1.05. The molecule has 0 amide bonds. The molecule has 11 heteroatoms. The molecule has 0 aromatic carbocycles. The number of rotatable bonds is 8. The van der Waals surface area contributed by atoms with Gasteiger partial charge < -0.3 is 14.7 Å². The maximum Gasteiger partial charge on any atom is 0.487 e. The zero-order valence-electron chi connectivity index (χ0n) is 13.2. The summed E-state index contributed by atoms with van der Waals surface area (Å²) in [7, 11) is -14.5. The second-order valence-electron chi connectivity index (χ2n) is 4.93. The van der Waals surface area contributed by atoms with E-state index < -0.39 is 23.0 Å². The standard InChI is InChI=1S/C12H21O8P3/c1-11(2)7-5-9-21(13,14)19-23(17,18)20-22(15,16)10-6-8-12(3)4/h5-10H,1-4H3,(H,13,14)(H,15,16)(H,17,18). The minimum Gasteiger partial charge on any atom is -0.321 e. The lowest BCUT2D eigenvalue weighted by Crippen LogP contribution is -1.91. The number of phosphoric acid groups is 1. The lowest BCUT2D eigenvalue weighted by molar-refractivity contribution is 0.262. The highest BCUT2D eigenvalue weighted by Gasteiger charge is 2.37. The second-order valence-corrected chi connectivity index (χ2v) is 10.0. The topological polar surface area (TPSA) is 130 Å². The summed E-state index contributed by atoms with van der Waals surface area (Å²) in [4.78, 5) is 28.2. The summed E-state index contributed by atoms with van der Waals surface area (Å²) < 4.78 is 42.9. The molecule has 8 nitrogen and oxygen atoms in total. The summed E-state index contributed by atoms with van der Waals surface area (Å²) in [5.74, 6) is 1.32. The normalized spacial score (nSPS) is 19.8. The highest BCUT2D eigenvalue weighted by atomic mass is 31.3. The van der Waals surface area contributed by atoms with Crippen LogP contribution in [0.5, 0.6) is 0 Å². The van der Waals surface area contributed by atoms with Gasteiger partial charge in [-0.1, -0.05) is 35.5 Å². The maximum absolute atomic E-state index is 11.6. The van der Waals surface area contributed by atoms with Crippen LogP contribution in [0.4, 0.5) is 0 Å². The Morgan fingerprint density at radius 2 is 1.04 bits per heavy atom. The van der Waals surface area contributed by atoms with Crippen molar-refractivity contribution in [1.29, 1.82) is 0 Å². The van der Waals surface area contributed by atoms with E-state index in [2.05, 4.69) is 8.62 Å². The van der Waals surface area contributed by atoms with Gasteiger partial charge in [0.05, 0.1) is 0 Å². The minimum absolute atomic E-state index is 0.660. The molecule has 0 aliphatic carbocycles. The predicted molar refractivity (Wildman–Crippen MR) is 88.8 cm³/mol. The molecule has 0 fully saturated rings. The van der Waals surface area contributed by atoms with Crippen molar-refractivity contribution < 1.29 is 37.0 Å². The molecule has 0 radical (unpaired) electrons. The van der Waals surface area contributed by atoms with Crippen LogP contribution in [0, 0.1) is 0 Å². The van der Waals surface area contributed by atoms with Crippen LogP contribution in [0.3, 0.4) is 0 Å². The van der Waals surface area contributed by atoms with Crippen molar-refractivity contribution in [3.8, 4) is 0 Å². The summed E-state index contributed by atoms with van der Waals surface area (Å²) in [5.41, 5.74) is 1.63. The number of hydrogen-bond acceptors (Lipinski definition) is 5. The van der Waals surface area contributed by atoms with E-state index in [4.69, 9.17) is 0 Å². The minimum atomic E-state index is -5.23. The van der Waals surface area contributed by atoms with Gasteiger partial charge >= 0.3 is 23.0 Å². The van der Waals surface area contributed by atoms with E-state index in [1.54, 1.807) is 27.7 Å². The van der Waals surface area contributed by atoms with Gasteiger partial charge in [0.2, 0.25) is 0 Å². The van der Waals surface area contributed by atoms with Crippen molar-refractivity contribution in [2.24, 2.45) is 0 Å². The summed E-state index contributed by atoms with van der Waals surface area (Å²) in [6.45, 7) is 6.92. The van der Waals surface area contributed by atoms with Crippen molar-refractivity contribution in [1.82, 2.24) is 0 Å². The van der Waals surface area contributed by atoms with E-state index in [9.17, 15) is 28.4 Å². The van der Waals surface area contributed by atoms with Crippen molar-refractivity contribution >= 4 is 23.0 Å². The molecular formula is C12H21O8P3.